The fourth-order valence-electron chi connectivity index (χ4n) is 4.28. The van der Waals surface area contributed by atoms with Crippen LogP contribution in [0.3, 0.4) is 0 Å². The molecule has 0 bridgehead atoms. The first-order valence-corrected chi connectivity index (χ1v) is 10.5. The normalized spacial score (nSPS) is 27.6. The molecule has 1 aliphatic heterocycles. The Balaban J connectivity index is 1.57. The molecule has 1 fully saturated rings. The Morgan fingerprint density at radius 1 is 1.31 bits per heavy atom. The molecule has 4 atom stereocenters. The first-order chi connectivity index (χ1) is 12.6. The van der Waals surface area contributed by atoms with Gasteiger partial charge in [-0.05, 0) is 50.7 Å². The summed E-state index contributed by atoms with van der Waals surface area (Å²) in [6.45, 7) is 3.74. The quantitative estimate of drug-likeness (QED) is 0.834. The molecule has 5 heteroatoms. The highest BCUT2D eigenvalue weighted by Crippen LogP contribution is 2.39. The van der Waals surface area contributed by atoms with Crippen molar-refractivity contribution < 1.29 is 4.79 Å². The predicted octanol–water partition coefficient (Wildman–Crippen LogP) is 3.93. The van der Waals surface area contributed by atoms with E-state index >= 15 is 0 Å². The van der Waals surface area contributed by atoms with Gasteiger partial charge in [0.05, 0.1) is 21.1 Å². The van der Waals surface area contributed by atoms with Crippen LogP contribution in [-0.4, -0.2) is 34.9 Å². The van der Waals surface area contributed by atoms with Gasteiger partial charge in [0.25, 0.3) is 0 Å². The maximum absolute atomic E-state index is 13.3. The van der Waals surface area contributed by atoms with Crippen LogP contribution in [0.25, 0.3) is 10.2 Å². The van der Waals surface area contributed by atoms with Crippen molar-refractivity contribution in [2.75, 3.05) is 13.1 Å². The molecule has 2 aliphatic rings. The summed E-state index contributed by atoms with van der Waals surface area (Å²) in [6.07, 6.45) is 8.29. The van der Waals surface area contributed by atoms with E-state index in [1.807, 2.05) is 6.07 Å². The molecule has 0 spiro atoms. The summed E-state index contributed by atoms with van der Waals surface area (Å²) >= 11 is 1.74. The third kappa shape index (κ3) is 3.42. The number of fused-ring (bicyclic) bond motifs is 1. The molecule has 0 saturated carbocycles. The van der Waals surface area contributed by atoms with Gasteiger partial charge >= 0.3 is 0 Å². The first kappa shape index (κ1) is 17.7. The zero-order valence-corrected chi connectivity index (χ0v) is 16.1. The number of allylic oxidation sites excluding steroid dienone is 2. The second kappa shape index (κ2) is 7.49. The van der Waals surface area contributed by atoms with Gasteiger partial charge in [-0.15, -0.1) is 11.3 Å². The molecule has 1 amide bonds. The van der Waals surface area contributed by atoms with Crippen LogP contribution >= 0.6 is 11.3 Å². The summed E-state index contributed by atoms with van der Waals surface area (Å²) in [4.78, 5) is 20.3. The number of piperidine rings is 1. The standard InChI is InChI=1S/C21H27N3OS/c1-14(22)15-7-6-12-24(13-15)21(25)17-9-3-2-8-16(17)20-23-18-10-4-5-11-19(18)26-20/h2-5,10-11,14-17H,6-9,12-13,22H2,1H3. The summed E-state index contributed by atoms with van der Waals surface area (Å²) in [5, 5.41) is 1.11. The molecule has 4 unspecified atom stereocenters. The average molecular weight is 370 g/mol. The lowest BCUT2D eigenvalue weighted by atomic mass is 9.81. The van der Waals surface area contributed by atoms with Crippen molar-refractivity contribution in [3.05, 3.63) is 41.4 Å². The number of benzene rings is 1. The van der Waals surface area contributed by atoms with E-state index in [1.54, 1.807) is 11.3 Å². The number of thiazole rings is 1. The number of carbonyl (C=O) groups excluding carboxylic acids is 1. The Morgan fingerprint density at radius 3 is 2.92 bits per heavy atom. The van der Waals surface area contributed by atoms with Crippen molar-refractivity contribution in [2.45, 2.75) is 44.6 Å². The van der Waals surface area contributed by atoms with Gasteiger partial charge in [0, 0.05) is 25.0 Å². The van der Waals surface area contributed by atoms with Gasteiger partial charge in [-0.1, -0.05) is 24.3 Å². The molecular formula is C21H27N3OS. The van der Waals surface area contributed by atoms with Gasteiger partial charge in [0.2, 0.25) is 5.91 Å². The number of rotatable bonds is 3. The number of likely N-dealkylation sites (tertiary alicyclic amines) is 1. The van der Waals surface area contributed by atoms with E-state index in [-0.39, 0.29) is 17.9 Å². The zero-order chi connectivity index (χ0) is 18.1. The second-order valence-electron chi connectivity index (χ2n) is 7.72. The molecule has 0 radical (unpaired) electrons. The molecule has 1 aliphatic carbocycles. The number of aromatic nitrogens is 1. The highest BCUT2D eigenvalue weighted by Gasteiger charge is 2.36. The van der Waals surface area contributed by atoms with Gasteiger partial charge in [0.15, 0.2) is 0 Å². The van der Waals surface area contributed by atoms with E-state index in [0.717, 1.165) is 49.3 Å². The molecule has 2 N–H and O–H groups in total. The molecule has 138 valence electrons. The van der Waals surface area contributed by atoms with Crippen molar-refractivity contribution >= 4 is 27.5 Å². The van der Waals surface area contributed by atoms with E-state index in [4.69, 9.17) is 10.7 Å². The van der Waals surface area contributed by atoms with E-state index in [9.17, 15) is 4.79 Å². The molecule has 4 nitrogen and oxygen atoms in total. The highest BCUT2D eigenvalue weighted by molar-refractivity contribution is 7.18. The van der Waals surface area contributed by atoms with Crippen LogP contribution in [0, 0.1) is 11.8 Å². The number of amides is 1. The maximum Gasteiger partial charge on any atom is 0.226 e. The summed E-state index contributed by atoms with van der Waals surface area (Å²) in [5.41, 5.74) is 7.16. The topological polar surface area (TPSA) is 59.2 Å². The molecule has 1 aromatic heterocycles. The van der Waals surface area contributed by atoms with Crippen LogP contribution in [0.5, 0.6) is 0 Å². The summed E-state index contributed by atoms with van der Waals surface area (Å²) in [6, 6.07) is 8.40. The van der Waals surface area contributed by atoms with Crippen molar-refractivity contribution in [3.63, 3.8) is 0 Å². The summed E-state index contributed by atoms with van der Waals surface area (Å²) < 4.78 is 1.21. The number of hydrogen-bond donors (Lipinski definition) is 1. The van der Waals surface area contributed by atoms with Crippen molar-refractivity contribution in [3.8, 4) is 0 Å². The molecule has 1 saturated heterocycles. The van der Waals surface area contributed by atoms with Crippen molar-refractivity contribution in [2.24, 2.45) is 17.6 Å². The second-order valence-corrected chi connectivity index (χ2v) is 8.78. The third-order valence-electron chi connectivity index (χ3n) is 5.89. The van der Waals surface area contributed by atoms with Crippen LogP contribution in [0.2, 0.25) is 0 Å². The van der Waals surface area contributed by atoms with E-state index in [1.165, 1.54) is 4.70 Å². The lowest BCUT2D eigenvalue weighted by molar-refractivity contribution is -0.138. The SMILES string of the molecule is CC(N)C1CCCN(C(=O)C2CC=CCC2c2nc3ccccc3s2)C1. The van der Waals surface area contributed by atoms with Gasteiger partial charge in [-0.25, -0.2) is 4.98 Å². The largest absolute Gasteiger partial charge is 0.342 e. The van der Waals surface area contributed by atoms with Crippen LogP contribution in [0.15, 0.2) is 36.4 Å². The number of nitrogens with two attached hydrogens (primary N) is 1. The number of carbonyl (C=O) groups is 1. The number of nitrogens with zero attached hydrogens (tertiary/aromatic N) is 2. The third-order valence-corrected chi connectivity index (χ3v) is 7.06. The minimum atomic E-state index is 0.00685. The Kier molecular flexibility index (Phi) is 5.09. The molecule has 1 aromatic carbocycles. The Morgan fingerprint density at radius 2 is 2.12 bits per heavy atom. The van der Waals surface area contributed by atoms with Crippen molar-refractivity contribution in [1.29, 1.82) is 0 Å². The molecule has 2 heterocycles. The minimum absolute atomic E-state index is 0.00685. The molecular weight excluding hydrogens is 342 g/mol. The van der Waals surface area contributed by atoms with Gasteiger partial charge in [-0.3, -0.25) is 4.79 Å². The van der Waals surface area contributed by atoms with E-state index in [0.29, 0.717) is 11.8 Å². The zero-order valence-electron chi connectivity index (χ0n) is 15.3. The first-order valence-electron chi connectivity index (χ1n) is 9.68. The lowest BCUT2D eigenvalue weighted by Gasteiger charge is -2.38. The van der Waals surface area contributed by atoms with Crippen LogP contribution in [0.4, 0.5) is 0 Å². The number of hydrogen-bond acceptors (Lipinski definition) is 4. The minimum Gasteiger partial charge on any atom is -0.342 e. The fourth-order valence-corrected chi connectivity index (χ4v) is 5.43. The maximum atomic E-state index is 13.3. The van der Waals surface area contributed by atoms with Crippen LogP contribution < -0.4 is 5.73 Å². The summed E-state index contributed by atoms with van der Waals surface area (Å²) in [7, 11) is 0. The Hall–Kier alpha value is -1.72. The molecule has 4 rings (SSSR count). The van der Waals surface area contributed by atoms with Crippen LogP contribution in [0.1, 0.15) is 43.5 Å². The Bertz CT molecular complexity index is 779. The molecule has 2 aromatic rings. The van der Waals surface area contributed by atoms with E-state index in [2.05, 4.69) is 42.2 Å². The van der Waals surface area contributed by atoms with E-state index < -0.39 is 0 Å². The van der Waals surface area contributed by atoms with Gasteiger partial charge in [0.1, 0.15) is 0 Å². The predicted molar refractivity (Wildman–Crippen MR) is 107 cm³/mol. The monoisotopic (exact) mass is 369 g/mol. The Labute approximate surface area is 159 Å². The molecule has 26 heavy (non-hydrogen) atoms. The fraction of sp³-hybridized carbons (Fsp3) is 0.524. The highest BCUT2D eigenvalue weighted by atomic mass is 32.1. The average Bonchev–Trinajstić information content (AvgIpc) is 3.11. The van der Waals surface area contributed by atoms with Crippen LogP contribution in [-0.2, 0) is 4.79 Å². The summed E-state index contributed by atoms with van der Waals surface area (Å²) in [5.74, 6) is 0.921. The van der Waals surface area contributed by atoms with Gasteiger partial charge in [-0.2, -0.15) is 0 Å². The smallest absolute Gasteiger partial charge is 0.226 e. The number of para-hydroxylation sites is 1. The van der Waals surface area contributed by atoms with Crippen molar-refractivity contribution in [1.82, 2.24) is 9.88 Å². The lowest BCUT2D eigenvalue weighted by Crippen LogP contribution is -2.48. The van der Waals surface area contributed by atoms with Gasteiger partial charge < -0.3 is 10.6 Å².